The second-order valence-electron chi connectivity index (χ2n) is 6.94. The first-order valence-corrected chi connectivity index (χ1v) is 8.65. The summed E-state index contributed by atoms with van der Waals surface area (Å²) in [4.78, 5) is 14.1. The molecular formula is C20H21NO2. The van der Waals surface area contributed by atoms with E-state index < -0.39 is 0 Å². The molecule has 0 radical (unpaired) electrons. The lowest BCUT2D eigenvalue weighted by Gasteiger charge is -2.49. The predicted octanol–water partition coefficient (Wildman–Crippen LogP) is 4.70. The first kappa shape index (κ1) is 13.6. The zero-order valence-corrected chi connectivity index (χ0v) is 13.2. The van der Waals surface area contributed by atoms with Crippen LogP contribution in [-0.2, 0) is 15.2 Å². The first-order chi connectivity index (χ1) is 11.4. The van der Waals surface area contributed by atoms with Gasteiger partial charge in [0.05, 0.1) is 0 Å². The highest BCUT2D eigenvalue weighted by Gasteiger charge is 2.57. The van der Waals surface area contributed by atoms with Crippen LogP contribution in [0, 0.1) is 0 Å². The molecule has 5 rings (SSSR count). The average molecular weight is 307 g/mol. The molecule has 0 unspecified atom stereocenters. The molecule has 1 spiro atoms. The molecule has 118 valence electrons. The van der Waals surface area contributed by atoms with Crippen molar-refractivity contribution in [3.05, 3.63) is 65.7 Å². The highest BCUT2D eigenvalue weighted by atomic mass is 17.2. The number of nitrogens with zero attached hydrogens (tertiary/aromatic N) is 1. The van der Waals surface area contributed by atoms with Crippen molar-refractivity contribution in [2.75, 3.05) is 4.90 Å². The van der Waals surface area contributed by atoms with Crippen molar-refractivity contribution in [3.8, 4) is 0 Å². The minimum absolute atomic E-state index is 0.0231. The Labute approximate surface area is 136 Å². The monoisotopic (exact) mass is 307 g/mol. The van der Waals surface area contributed by atoms with Gasteiger partial charge in [0.25, 0.3) is 0 Å². The summed E-state index contributed by atoms with van der Waals surface area (Å²) in [5.74, 6) is 0. The van der Waals surface area contributed by atoms with E-state index in [-0.39, 0.29) is 17.9 Å². The third-order valence-electron chi connectivity index (χ3n) is 5.78. The van der Waals surface area contributed by atoms with E-state index in [2.05, 4.69) is 59.5 Å². The van der Waals surface area contributed by atoms with E-state index in [0.29, 0.717) is 0 Å². The minimum atomic E-state index is -0.133. The van der Waals surface area contributed by atoms with Crippen LogP contribution in [0.5, 0.6) is 0 Å². The van der Waals surface area contributed by atoms with E-state index in [1.807, 2.05) is 0 Å². The molecule has 0 aromatic heterocycles. The molecule has 2 aliphatic heterocycles. The number of fused-ring (bicyclic) bond motifs is 6. The van der Waals surface area contributed by atoms with Gasteiger partial charge in [0.15, 0.2) is 12.5 Å². The zero-order chi connectivity index (χ0) is 15.3. The van der Waals surface area contributed by atoms with Gasteiger partial charge in [-0.1, -0.05) is 61.7 Å². The molecule has 2 aromatic rings. The van der Waals surface area contributed by atoms with Crippen molar-refractivity contribution < 1.29 is 9.78 Å². The van der Waals surface area contributed by atoms with Gasteiger partial charge >= 0.3 is 0 Å². The van der Waals surface area contributed by atoms with E-state index in [9.17, 15) is 0 Å². The molecule has 0 amide bonds. The van der Waals surface area contributed by atoms with Crippen LogP contribution in [0.2, 0.25) is 0 Å². The lowest BCUT2D eigenvalue weighted by molar-refractivity contribution is -0.305. The van der Waals surface area contributed by atoms with Crippen molar-refractivity contribution >= 4 is 5.69 Å². The Bertz CT molecular complexity index is 709. The lowest BCUT2D eigenvalue weighted by Crippen LogP contribution is -2.53. The standard InChI is InChI=1S/C20H21NO2/c1-3-9-15(10-4-1)21-18-16-11-5-6-12-17(16)20(19(21)23-22-18)13-7-2-8-14-20/h1,3-6,9-12,18-19H,2,7-8,13-14H2/t18-,19+/m0/s1. The van der Waals surface area contributed by atoms with E-state index in [1.54, 1.807) is 0 Å². The highest BCUT2D eigenvalue weighted by Crippen LogP contribution is 2.56. The van der Waals surface area contributed by atoms with E-state index in [0.717, 1.165) is 0 Å². The molecular weight excluding hydrogens is 286 g/mol. The third kappa shape index (κ3) is 1.84. The van der Waals surface area contributed by atoms with Crippen LogP contribution >= 0.6 is 0 Å². The molecule has 3 nitrogen and oxygen atoms in total. The third-order valence-corrected chi connectivity index (χ3v) is 5.78. The van der Waals surface area contributed by atoms with Gasteiger partial charge in [-0.3, -0.25) is 0 Å². The molecule has 3 heteroatoms. The summed E-state index contributed by atoms with van der Waals surface area (Å²) in [6.07, 6.45) is 6.05. The molecule has 3 aliphatic rings. The Hall–Kier alpha value is -1.84. The molecule has 2 aromatic carbocycles. The van der Waals surface area contributed by atoms with Gasteiger partial charge in [0, 0.05) is 16.7 Å². The van der Waals surface area contributed by atoms with Crippen LogP contribution in [-0.4, -0.2) is 6.23 Å². The fraction of sp³-hybridized carbons (Fsp3) is 0.400. The summed E-state index contributed by atoms with van der Waals surface area (Å²) in [7, 11) is 0. The average Bonchev–Trinajstić information content (AvgIpc) is 3.03. The second kappa shape index (κ2) is 5.08. The van der Waals surface area contributed by atoms with Crippen LogP contribution in [0.1, 0.15) is 49.5 Å². The van der Waals surface area contributed by atoms with E-state index >= 15 is 0 Å². The van der Waals surface area contributed by atoms with Gasteiger partial charge in [-0.05, 0) is 30.5 Å². The van der Waals surface area contributed by atoms with Gasteiger partial charge in [0.2, 0.25) is 0 Å². The summed E-state index contributed by atoms with van der Waals surface area (Å²) in [5, 5.41) is 0. The summed E-state index contributed by atoms with van der Waals surface area (Å²) < 4.78 is 0. The van der Waals surface area contributed by atoms with Gasteiger partial charge in [-0.25, -0.2) is 9.78 Å². The summed E-state index contributed by atoms with van der Waals surface area (Å²) in [6.45, 7) is 0. The summed E-state index contributed by atoms with van der Waals surface area (Å²) in [6, 6.07) is 19.3. The molecule has 1 saturated carbocycles. The molecule has 2 bridgehead atoms. The first-order valence-electron chi connectivity index (χ1n) is 8.65. The molecule has 1 aliphatic carbocycles. The van der Waals surface area contributed by atoms with E-state index in [4.69, 9.17) is 9.78 Å². The smallest absolute Gasteiger partial charge is 0.193 e. The van der Waals surface area contributed by atoms with Gasteiger partial charge in [-0.15, -0.1) is 0 Å². The lowest BCUT2D eigenvalue weighted by atomic mass is 9.64. The number of hydrogen-bond acceptors (Lipinski definition) is 3. The Morgan fingerprint density at radius 3 is 2.39 bits per heavy atom. The second-order valence-corrected chi connectivity index (χ2v) is 6.94. The molecule has 1 saturated heterocycles. The number of benzene rings is 2. The number of anilines is 1. The maximum Gasteiger partial charge on any atom is 0.193 e. The zero-order valence-electron chi connectivity index (χ0n) is 13.2. The van der Waals surface area contributed by atoms with Gasteiger partial charge < -0.3 is 4.90 Å². The van der Waals surface area contributed by atoms with Crippen molar-refractivity contribution in [2.45, 2.75) is 50.0 Å². The Kier molecular flexibility index (Phi) is 3.00. The van der Waals surface area contributed by atoms with Crippen molar-refractivity contribution in [3.63, 3.8) is 0 Å². The Balaban J connectivity index is 1.71. The fourth-order valence-corrected chi connectivity index (χ4v) is 4.75. The van der Waals surface area contributed by atoms with Crippen LogP contribution < -0.4 is 4.90 Å². The Morgan fingerprint density at radius 1 is 0.826 bits per heavy atom. The van der Waals surface area contributed by atoms with Crippen LogP contribution in [0.15, 0.2) is 54.6 Å². The highest BCUT2D eigenvalue weighted by molar-refractivity contribution is 5.56. The summed E-state index contributed by atoms with van der Waals surface area (Å²) in [5.41, 5.74) is 3.95. The largest absolute Gasteiger partial charge is 0.310 e. The van der Waals surface area contributed by atoms with Crippen LogP contribution in [0.4, 0.5) is 5.69 Å². The summed E-state index contributed by atoms with van der Waals surface area (Å²) >= 11 is 0. The normalized spacial score (nSPS) is 27.9. The fourth-order valence-electron chi connectivity index (χ4n) is 4.75. The number of para-hydroxylation sites is 1. The van der Waals surface area contributed by atoms with Gasteiger partial charge in [-0.2, -0.15) is 0 Å². The Morgan fingerprint density at radius 2 is 1.57 bits per heavy atom. The van der Waals surface area contributed by atoms with Crippen molar-refractivity contribution in [1.82, 2.24) is 0 Å². The topological polar surface area (TPSA) is 21.7 Å². The SMILES string of the molecule is c1ccc(N2[C@H]3OO[C@@H]2C2(CCCCC2)c2ccccc23)cc1. The molecule has 2 heterocycles. The molecule has 2 fully saturated rings. The molecule has 2 atom stereocenters. The van der Waals surface area contributed by atoms with Crippen LogP contribution in [0.3, 0.4) is 0 Å². The number of hydrogen-bond donors (Lipinski definition) is 0. The van der Waals surface area contributed by atoms with Gasteiger partial charge in [0.1, 0.15) is 0 Å². The maximum absolute atomic E-state index is 5.95. The minimum Gasteiger partial charge on any atom is -0.310 e. The predicted molar refractivity (Wildman–Crippen MR) is 88.8 cm³/mol. The van der Waals surface area contributed by atoms with E-state index in [1.165, 1.54) is 48.9 Å². The van der Waals surface area contributed by atoms with Crippen molar-refractivity contribution in [2.24, 2.45) is 0 Å². The quantitative estimate of drug-likeness (QED) is 0.713. The maximum atomic E-state index is 5.95. The van der Waals surface area contributed by atoms with Crippen LogP contribution in [0.25, 0.3) is 0 Å². The number of rotatable bonds is 1. The molecule has 23 heavy (non-hydrogen) atoms. The van der Waals surface area contributed by atoms with Crippen molar-refractivity contribution in [1.29, 1.82) is 0 Å². The molecule has 0 N–H and O–H groups in total.